The van der Waals surface area contributed by atoms with Gasteiger partial charge in [-0.05, 0) is 44.6 Å². The minimum absolute atomic E-state index is 0.0654. The van der Waals surface area contributed by atoms with Crippen LogP contribution in [0, 0.1) is 5.92 Å². The van der Waals surface area contributed by atoms with Gasteiger partial charge in [-0.2, -0.15) is 0 Å². The Hall–Kier alpha value is -3.36. The number of ether oxygens (including phenoxy) is 2. The fourth-order valence-corrected chi connectivity index (χ4v) is 6.20. The lowest BCUT2D eigenvalue weighted by atomic mass is 9.80. The van der Waals surface area contributed by atoms with Crippen LogP contribution in [0.5, 0.6) is 0 Å². The minimum Gasteiger partial charge on any atom is -0.465 e. The van der Waals surface area contributed by atoms with Gasteiger partial charge in [0.1, 0.15) is 18.7 Å². The summed E-state index contributed by atoms with van der Waals surface area (Å²) in [6.45, 7) is 3.48. The Morgan fingerprint density at radius 2 is 1.68 bits per heavy atom. The smallest absolute Gasteiger partial charge is 0.323 e. The number of benzene rings is 2. The predicted molar refractivity (Wildman–Crippen MR) is 141 cm³/mol. The third kappa shape index (κ3) is 5.42. The molecule has 1 heterocycles. The summed E-state index contributed by atoms with van der Waals surface area (Å²) < 4.78 is 11.1. The SMILES string of the molecule is CCOC(=O)[C@H](CC(=O)c1ccccc1)N1[C@@H](C(=O)OCc2ccccc2)C[C@@H]2CCC[C@@]21C(=O)C(C)N. The number of hydrogen-bond donors (Lipinski definition) is 1. The van der Waals surface area contributed by atoms with E-state index in [2.05, 4.69) is 0 Å². The number of nitrogens with zero attached hydrogens (tertiary/aromatic N) is 1. The maximum absolute atomic E-state index is 13.8. The third-order valence-corrected chi connectivity index (χ3v) is 7.80. The number of fused-ring (bicyclic) bond motifs is 1. The summed E-state index contributed by atoms with van der Waals surface area (Å²) in [5, 5.41) is 0. The van der Waals surface area contributed by atoms with E-state index in [0.29, 0.717) is 18.4 Å². The molecule has 2 aromatic rings. The molecule has 5 atom stereocenters. The van der Waals surface area contributed by atoms with Crippen LogP contribution in [0.15, 0.2) is 60.7 Å². The fourth-order valence-electron chi connectivity index (χ4n) is 6.20. The van der Waals surface area contributed by atoms with Gasteiger partial charge in [-0.1, -0.05) is 67.1 Å². The lowest BCUT2D eigenvalue weighted by Gasteiger charge is -2.43. The Labute approximate surface area is 223 Å². The van der Waals surface area contributed by atoms with Crippen molar-refractivity contribution in [2.45, 2.75) is 76.2 Å². The van der Waals surface area contributed by atoms with Gasteiger partial charge >= 0.3 is 11.9 Å². The fraction of sp³-hybridized carbons (Fsp3) is 0.467. The van der Waals surface area contributed by atoms with Gasteiger partial charge in [0.2, 0.25) is 0 Å². The molecular weight excluding hydrogens is 484 g/mol. The Balaban J connectivity index is 1.73. The number of carbonyl (C=O) groups is 4. The highest BCUT2D eigenvalue weighted by Crippen LogP contribution is 2.52. The zero-order chi connectivity index (χ0) is 27.3. The van der Waals surface area contributed by atoms with E-state index in [1.807, 2.05) is 30.3 Å². The molecule has 38 heavy (non-hydrogen) atoms. The van der Waals surface area contributed by atoms with Crippen LogP contribution in [-0.2, 0) is 30.5 Å². The van der Waals surface area contributed by atoms with Crippen LogP contribution in [0.3, 0.4) is 0 Å². The molecule has 1 saturated carbocycles. The predicted octanol–water partition coefficient (Wildman–Crippen LogP) is 3.46. The summed E-state index contributed by atoms with van der Waals surface area (Å²) in [6, 6.07) is 15.2. The molecule has 8 nitrogen and oxygen atoms in total. The number of carbonyl (C=O) groups excluding carboxylic acids is 4. The number of hydrogen-bond acceptors (Lipinski definition) is 8. The van der Waals surface area contributed by atoms with Gasteiger partial charge in [0.15, 0.2) is 11.6 Å². The summed E-state index contributed by atoms with van der Waals surface area (Å²) in [5.41, 5.74) is 6.27. The van der Waals surface area contributed by atoms with Gasteiger partial charge in [-0.25, -0.2) is 0 Å². The minimum atomic E-state index is -1.14. The molecule has 1 aliphatic carbocycles. The number of Topliss-reactive ketones (excluding diaryl/α,β-unsaturated/α-hetero) is 2. The van der Waals surface area contributed by atoms with Gasteiger partial charge < -0.3 is 15.2 Å². The number of ketones is 2. The monoisotopic (exact) mass is 520 g/mol. The Morgan fingerprint density at radius 3 is 2.32 bits per heavy atom. The lowest BCUT2D eigenvalue weighted by Crippen LogP contribution is -2.64. The van der Waals surface area contributed by atoms with E-state index in [9.17, 15) is 19.2 Å². The van der Waals surface area contributed by atoms with Crippen molar-refractivity contribution >= 4 is 23.5 Å². The van der Waals surface area contributed by atoms with Gasteiger partial charge in [0.25, 0.3) is 0 Å². The Morgan fingerprint density at radius 1 is 1.03 bits per heavy atom. The van der Waals surface area contributed by atoms with Crippen molar-refractivity contribution in [2.24, 2.45) is 11.7 Å². The average molecular weight is 521 g/mol. The Bertz CT molecular complexity index is 1150. The van der Waals surface area contributed by atoms with E-state index < -0.39 is 35.6 Å². The molecule has 0 amide bonds. The van der Waals surface area contributed by atoms with Crippen LogP contribution >= 0.6 is 0 Å². The van der Waals surface area contributed by atoms with Crippen LogP contribution in [0.4, 0.5) is 0 Å². The molecule has 2 aliphatic rings. The van der Waals surface area contributed by atoms with Crippen LogP contribution in [0.2, 0.25) is 0 Å². The van der Waals surface area contributed by atoms with Crippen molar-refractivity contribution in [2.75, 3.05) is 6.61 Å². The second-order valence-corrected chi connectivity index (χ2v) is 10.2. The molecule has 202 valence electrons. The van der Waals surface area contributed by atoms with E-state index in [0.717, 1.165) is 18.4 Å². The van der Waals surface area contributed by atoms with Crippen LogP contribution in [0.25, 0.3) is 0 Å². The molecule has 0 bridgehead atoms. The largest absolute Gasteiger partial charge is 0.465 e. The Kier molecular flexibility index (Phi) is 8.74. The van der Waals surface area contributed by atoms with Gasteiger partial charge in [0, 0.05) is 12.0 Å². The number of esters is 2. The molecule has 0 aromatic heterocycles. The number of rotatable bonds is 11. The summed E-state index contributed by atoms with van der Waals surface area (Å²) in [5.74, 6) is -1.84. The van der Waals surface area contributed by atoms with E-state index in [-0.39, 0.29) is 37.1 Å². The normalized spacial score (nSPS) is 24.3. The molecule has 4 rings (SSSR count). The molecule has 1 aliphatic heterocycles. The molecular formula is C30H36N2O6. The highest BCUT2D eigenvalue weighted by molar-refractivity contribution is 6.00. The average Bonchev–Trinajstić information content (AvgIpc) is 3.48. The zero-order valence-corrected chi connectivity index (χ0v) is 22.0. The standard InChI is InChI=1S/C30H36N2O6/c1-3-37-28(35)25(18-26(33)22-13-8-5-9-14-22)32-24(29(36)38-19-21-11-6-4-7-12-21)17-23-15-10-16-30(23,32)27(34)20(2)31/h4-9,11-14,20,23-25H,3,10,15-19,31H2,1-2H3/t20?,23-,24+,25-,30-/m0/s1. The lowest BCUT2D eigenvalue weighted by molar-refractivity contribution is -0.162. The van der Waals surface area contributed by atoms with Crippen LogP contribution < -0.4 is 5.73 Å². The first-order valence-corrected chi connectivity index (χ1v) is 13.3. The van der Waals surface area contributed by atoms with Gasteiger partial charge in [-0.15, -0.1) is 0 Å². The van der Waals surface area contributed by atoms with Crippen molar-refractivity contribution in [3.05, 3.63) is 71.8 Å². The maximum Gasteiger partial charge on any atom is 0.323 e. The quantitative estimate of drug-likeness (QED) is 0.354. The summed E-state index contributed by atoms with van der Waals surface area (Å²) in [7, 11) is 0. The van der Waals surface area contributed by atoms with Crippen molar-refractivity contribution in [1.82, 2.24) is 4.90 Å². The summed E-state index contributed by atoms with van der Waals surface area (Å²) in [6.07, 6.45) is 2.05. The van der Waals surface area contributed by atoms with E-state index in [1.54, 1.807) is 49.1 Å². The van der Waals surface area contributed by atoms with Crippen LogP contribution in [-0.4, -0.2) is 58.7 Å². The van der Waals surface area contributed by atoms with Crippen molar-refractivity contribution in [3.63, 3.8) is 0 Å². The van der Waals surface area contributed by atoms with E-state index >= 15 is 0 Å². The van der Waals surface area contributed by atoms with Crippen molar-refractivity contribution in [3.8, 4) is 0 Å². The zero-order valence-electron chi connectivity index (χ0n) is 22.0. The van der Waals surface area contributed by atoms with E-state index in [1.165, 1.54) is 0 Å². The van der Waals surface area contributed by atoms with Gasteiger partial charge in [-0.3, -0.25) is 24.1 Å². The molecule has 2 aromatic carbocycles. The maximum atomic E-state index is 13.8. The summed E-state index contributed by atoms with van der Waals surface area (Å²) in [4.78, 5) is 55.8. The first-order valence-electron chi connectivity index (χ1n) is 13.3. The first kappa shape index (κ1) is 27.7. The molecule has 2 N–H and O–H groups in total. The molecule has 1 saturated heterocycles. The number of likely N-dealkylation sites (tertiary alicyclic amines) is 1. The molecule has 0 spiro atoms. The second-order valence-electron chi connectivity index (χ2n) is 10.2. The molecule has 1 unspecified atom stereocenters. The highest BCUT2D eigenvalue weighted by atomic mass is 16.5. The third-order valence-electron chi connectivity index (χ3n) is 7.80. The first-order chi connectivity index (χ1) is 18.3. The molecule has 0 radical (unpaired) electrons. The van der Waals surface area contributed by atoms with Crippen molar-refractivity contribution < 1.29 is 28.7 Å². The van der Waals surface area contributed by atoms with E-state index in [4.69, 9.17) is 15.2 Å². The van der Waals surface area contributed by atoms with Crippen LogP contribution in [0.1, 0.15) is 61.9 Å². The molecule has 2 fully saturated rings. The van der Waals surface area contributed by atoms with Crippen molar-refractivity contribution in [1.29, 1.82) is 0 Å². The van der Waals surface area contributed by atoms with Gasteiger partial charge in [0.05, 0.1) is 18.2 Å². The highest BCUT2D eigenvalue weighted by Gasteiger charge is 2.64. The topological polar surface area (TPSA) is 116 Å². The molecule has 8 heteroatoms. The second kappa shape index (κ2) is 12.0. The number of nitrogens with two attached hydrogens (primary N) is 1. The summed E-state index contributed by atoms with van der Waals surface area (Å²) >= 11 is 0.